The van der Waals surface area contributed by atoms with E-state index in [0.29, 0.717) is 0 Å². The van der Waals surface area contributed by atoms with Crippen LogP contribution in [0.3, 0.4) is 0 Å². The zero-order valence-electron chi connectivity index (χ0n) is 8.41. The summed E-state index contributed by atoms with van der Waals surface area (Å²) < 4.78 is 10.8. The molecule has 0 aliphatic carbocycles. The van der Waals surface area contributed by atoms with Gasteiger partial charge in [-0.1, -0.05) is 0 Å². The molecule has 0 saturated carbocycles. The summed E-state index contributed by atoms with van der Waals surface area (Å²) in [6.45, 7) is 2.07. The molecule has 14 heavy (non-hydrogen) atoms. The van der Waals surface area contributed by atoms with Crippen molar-refractivity contribution in [2.45, 2.75) is 26.1 Å². The Bertz CT molecular complexity index is 347. The average molecular weight is 194 g/mol. The lowest BCUT2D eigenvalue weighted by Gasteiger charge is -2.09. The first-order valence-electron chi connectivity index (χ1n) is 4.72. The molecule has 0 aromatic heterocycles. The maximum Gasteiger partial charge on any atom is 0.164 e. The van der Waals surface area contributed by atoms with E-state index < -0.39 is 0 Å². The molecule has 0 bridgehead atoms. The maximum absolute atomic E-state index is 9.06. The molecule has 1 heterocycles. The van der Waals surface area contributed by atoms with Crippen LogP contribution >= 0.6 is 0 Å². The van der Waals surface area contributed by atoms with Crippen LogP contribution in [-0.4, -0.2) is 18.3 Å². The monoisotopic (exact) mass is 194 g/mol. The van der Waals surface area contributed by atoms with E-state index in [4.69, 9.17) is 14.6 Å². The van der Waals surface area contributed by atoms with Crippen molar-refractivity contribution in [1.29, 1.82) is 0 Å². The number of aliphatic hydroxyl groups is 1. The molecule has 0 spiro atoms. The van der Waals surface area contributed by atoms with Crippen molar-refractivity contribution in [1.82, 2.24) is 0 Å². The van der Waals surface area contributed by atoms with E-state index in [2.05, 4.69) is 0 Å². The van der Waals surface area contributed by atoms with Crippen LogP contribution in [0.1, 0.15) is 18.1 Å². The highest BCUT2D eigenvalue weighted by molar-refractivity contribution is 5.51. The fourth-order valence-corrected chi connectivity index (χ4v) is 1.80. The minimum atomic E-state index is 0.0397. The fourth-order valence-electron chi connectivity index (χ4n) is 1.80. The van der Waals surface area contributed by atoms with Crippen molar-refractivity contribution in [3.8, 4) is 11.5 Å². The summed E-state index contributed by atoms with van der Waals surface area (Å²) in [6.07, 6.45) is 1.09. The molecule has 3 heteroatoms. The first-order valence-corrected chi connectivity index (χ1v) is 4.72. The van der Waals surface area contributed by atoms with Crippen molar-refractivity contribution < 1.29 is 14.6 Å². The zero-order valence-corrected chi connectivity index (χ0v) is 8.41. The van der Waals surface area contributed by atoms with E-state index in [1.54, 1.807) is 7.11 Å². The lowest BCUT2D eigenvalue weighted by atomic mass is 10.1. The van der Waals surface area contributed by atoms with Gasteiger partial charge < -0.3 is 14.6 Å². The molecule has 3 nitrogen and oxygen atoms in total. The van der Waals surface area contributed by atoms with Crippen LogP contribution in [0.4, 0.5) is 0 Å². The molecule has 0 saturated heterocycles. The molecule has 1 N–H and O–H groups in total. The molecule has 2 rings (SSSR count). The maximum atomic E-state index is 9.06. The van der Waals surface area contributed by atoms with E-state index in [-0.39, 0.29) is 12.7 Å². The second-order valence-electron chi connectivity index (χ2n) is 3.58. The van der Waals surface area contributed by atoms with Crippen molar-refractivity contribution >= 4 is 0 Å². The number of benzene rings is 1. The molecule has 1 aliphatic rings. The van der Waals surface area contributed by atoms with Gasteiger partial charge in [-0.15, -0.1) is 0 Å². The minimum Gasteiger partial charge on any atom is -0.493 e. The summed E-state index contributed by atoms with van der Waals surface area (Å²) in [7, 11) is 1.61. The summed E-state index contributed by atoms with van der Waals surface area (Å²) in [5.74, 6) is 1.55. The lowest BCUT2D eigenvalue weighted by Crippen LogP contribution is -2.05. The van der Waals surface area contributed by atoms with Gasteiger partial charge in [0.2, 0.25) is 0 Å². The Kier molecular flexibility index (Phi) is 2.33. The van der Waals surface area contributed by atoms with Crippen molar-refractivity contribution in [3.63, 3.8) is 0 Å². The van der Waals surface area contributed by atoms with Crippen LogP contribution in [0, 0.1) is 0 Å². The van der Waals surface area contributed by atoms with E-state index in [0.717, 1.165) is 29.0 Å². The van der Waals surface area contributed by atoms with Gasteiger partial charge in [-0.2, -0.15) is 0 Å². The predicted octanol–water partition coefficient (Wildman–Crippen LogP) is 1.51. The van der Waals surface area contributed by atoms with Crippen LogP contribution in [0.25, 0.3) is 0 Å². The summed E-state index contributed by atoms with van der Waals surface area (Å²) in [5.41, 5.74) is 2.00. The van der Waals surface area contributed by atoms with Gasteiger partial charge in [0.15, 0.2) is 11.5 Å². The zero-order chi connectivity index (χ0) is 10.1. The van der Waals surface area contributed by atoms with Gasteiger partial charge in [-0.25, -0.2) is 0 Å². The van der Waals surface area contributed by atoms with Crippen LogP contribution in [0.2, 0.25) is 0 Å². The molecule has 1 unspecified atom stereocenters. The highest BCUT2D eigenvalue weighted by Crippen LogP contribution is 2.38. The van der Waals surface area contributed by atoms with Gasteiger partial charge >= 0.3 is 0 Å². The van der Waals surface area contributed by atoms with Crippen molar-refractivity contribution in [2.75, 3.05) is 7.11 Å². The standard InChI is InChI=1S/C11H14O3/c1-7-3-9-4-8(6-12)5-10(13-2)11(9)14-7/h4-5,7,12H,3,6H2,1-2H3. The van der Waals surface area contributed by atoms with Gasteiger partial charge in [-0.3, -0.25) is 0 Å². The Morgan fingerprint density at radius 3 is 3.00 bits per heavy atom. The summed E-state index contributed by atoms with van der Waals surface area (Å²) in [5, 5.41) is 9.06. The topological polar surface area (TPSA) is 38.7 Å². The third-order valence-electron chi connectivity index (χ3n) is 2.42. The highest BCUT2D eigenvalue weighted by Gasteiger charge is 2.23. The molecule has 0 radical (unpaired) electrons. The molecule has 76 valence electrons. The quantitative estimate of drug-likeness (QED) is 0.775. The van der Waals surface area contributed by atoms with Crippen LogP contribution < -0.4 is 9.47 Å². The van der Waals surface area contributed by atoms with Gasteiger partial charge in [0, 0.05) is 12.0 Å². The normalized spacial score (nSPS) is 18.9. The third kappa shape index (κ3) is 1.44. The Morgan fingerprint density at radius 2 is 2.36 bits per heavy atom. The Morgan fingerprint density at radius 1 is 1.57 bits per heavy atom. The highest BCUT2D eigenvalue weighted by atomic mass is 16.5. The van der Waals surface area contributed by atoms with Gasteiger partial charge in [0.25, 0.3) is 0 Å². The number of hydrogen-bond acceptors (Lipinski definition) is 3. The first kappa shape index (κ1) is 9.34. The Labute approximate surface area is 83.3 Å². The van der Waals surface area contributed by atoms with Gasteiger partial charge in [-0.05, 0) is 24.6 Å². The van der Waals surface area contributed by atoms with E-state index in [1.165, 1.54) is 0 Å². The third-order valence-corrected chi connectivity index (χ3v) is 2.42. The van der Waals surface area contributed by atoms with Crippen LogP contribution in [0.15, 0.2) is 12.1 Å². The average Bonchev–Trinajstić information content (AvgIpc) is 2.56. The lowest BCUT2D eigenvalue weighted by molar-refractivity contribution is 0.243. The Hall–Kier alpha value is -1.22. The number of methoxy groups -OCH3 is 1. The fraction of sp³-hybridized carbons (Fsp3) is 0.455. The number of hydrogen-bond donors (Lipinski definition) is 1. The number of aliphatic hydroxyl groups excluding tert-OH is 1. The second-order valence-corrected chi connectivity index (χ2v) is 3.58. The predicted molar refractivity (Wildman–Crippen MR) is 52.7 cm³/mol. The van der Waals surface area contributed by atoms with E-state index in [1.807, 2.05) is 19.1 Å². The van der Waals surface area contributed by atoms with Crippen LogP contribution in [-0.2, 0) is 13.0 Å². The van der Waals surface area contributed by atoms with E-state index in [9.17, 15) is 0 Å². The first-order chi connectivity index (χ1) is 6.74. The SMILES string of the molecule is COc1cc(CO)cc2c1OC(C)C2. The van der Waals surface area contributed by atoms with Gasteiger partial charge in [0.05, 0.1) is 13.7 Å². The molecule has 1 atom stereocenters. The summed E-state index contributed by atoms with van der Waals surface area (Å²) in [6, 6.07) is 3.79. The molecular weight excluding hydrogens is 180 g/mol. The number of fused-ring (bicyclic) bond motifs is 1. The van der Waals surface area contributed by atoms with Crippen molar-refractivity contribution in [2.24, 2.45) is 0 Å². The van der Waals surface area contributed by atoms with E-state index >= 15 is 0 Å². The smallest absolute Gasteiger partial charge is 0.164 e. The van der Waals surface area contributed by atoms with Crippen molar-refractivity contribution in [3.05, 3.63) is 23.3 Å². The molecule has 1 aromatic carbocycles. The Balaban J connectivity index is 2.46. The summed E-state index contributed by atoms with van der Waals surface area (Å²) in [4.78, 5) is 0. The largest absolute Gasteiger partial charge is 0.493 e. The number of ether oxygens (including phenoxy) is 2. The second kappa shape index (κ2) is 3.50. The van der Waals surface area contributed by atoms with Gasteiger partial charge in [0.1, 0.15) is 6.10 Å². The molecule has 0 fully saturated rings. The number of rotatable bonds is 2. The minimum absolute atomic E-state index is 0.0397. The molecule has 1 aromatic rings. The van der Waals surface area contributed by atoms with Crippen LogP contribution in [0.5, 0.6) is 11.5 Å². The summed E-state index contributed by atoms with van der Waals surface area (Å²) >= 11 is 0. The molecule has 0 amide bonds. The molecule has 1 aliphatic heterocycles. The molecular formula is C11H14O3.